The Hall–Kier alpha value is -1.24. The van der Waals surface area contributed by atoms with E-state index in [9.17, 15) is 0 Å². The highest BCUT2D eigenvalue weighted by molar-refractivity contribution is 5.80. The molecule has 0 bridgehead atoms. The molecule has 2 rings (SSSR count). The van der Waals surface area contributed by atoms with Crippen LogP contribution in [0.3, 0.4) is 0 Å². The van der Waals surface area contributed by atoms with Crippen molar-refractivity contribution in [3.63, 3.8) is 0 Å². The number of aromatic nitrogens is 1. The summed E-state index contributed by atoms with van der Waals surface area (Å²) in [7, 11) is 0. The van der Waals surface area contributed by atoms with E-state index in [2.05, 4.69) is 54.9 Å². The predicted octanol–water partition coefficient (Wildman–Crippen LogP) is 4.25. The molecule has 0 spiro atoms. The van der Waals surface area contributed by atoms with Crippen LogP contribution in [0.15, 0.2) is 36.5 Å². The topological polar surface area (TPSA) is 4.93 Å². The van der Waals surface area contributed by atoms with Crippen molar-refractivity contribution in [3.05, 3.63) is 36.5 Å². The number of hydrogen-bond donors (Lipinski definition) is 0. The first kappa shape index (κ1) is 10.8. The molecule has 1 heterocycles. The van der Waals surface area contributed by atoms with Gasteiger partial charge in [-0.3, -0.25) is 0 Å². The van der Waals surface area contributed by atoms with E-state index in [4.69, 9.17) is 0 Å². The van der Waals surface area contributed by atoms with Crippen LogP contribution < -0.4 is 0 Å². The molecule has 1 aromatic heterocycles. The van der Waals surface area contributed by atoms with Crippen LogP contribution in [0.4, 0.5) is 0 Å². The lowest BCUT2D eigenvalue weighted by Gasteiger charge is -2.08. The zero-order valence-electron chi connectivity index (χ0n) is 9.49. The zero-order valence-corrected chi connectivity index (χ0v) is 9.49. The third-order valence-corrected chi connectivity index (χ3v) is 2.19. The van der Waals surface area contributed by atoms with Gasteiger partial charge in [0.1, 0.15) is 0 Å². The molecular weight excluding hydrogens is 170 g/mol. The van der Waals surface area contributed by atoms with Crippen LogP contribution in [0.2, 0.25) is 0 Å². The molecule has 0 amide bonds. The molecular formula is C13H19N. The maximum atomic E-state index is 2.29. The summed E-state index contributed by atoms with van der Waals surface area (Å²) in [6, 6.07) is 11.2. The van der Waals surface area contributed by atoms with Crippen molar-refractivity contribution in [2.75, 3.05) is 0 Å². The van der Waals surface area contributed by atoms with Crippen molar-refractivity contribution in [2.24, 2.45) is 0 Å². The SMILES string of the molecule is CC.CC(C)n1ccc2ccccc21. The second-order valence-corrected chi connectivity index (χ2v) is 3.38. The summed E-state index contributed by atoms with van der Waals surface area (Å²) < 4.78 is 2.29. The van der Waals surface area contributed by atoms with Crippen LogP contribution >= 0.6 is 0 Å². The normalized spacial score (nSPS) is 10.1. The Balaban J connectivity index is 0.000000461. The highest BCUT2D eigenvalue weighted by atomic mass is 15.0. The first-order chi connectivity index (χ1) is 6.79. The minimum absolute atomic E-state index is 0.546. The molecule has 0 aliphatic heterocycles. The summed E-state index contributed by atoms with van der Waals surface area (Å²) in [5.41, 5.74) is 1.33. The Labute approximate surface area is 86.4 Å². The smallest absolute Gasteiger partial charge is 0.0482 e. The van der Waals surface area contributed by atoms with Gasteiger partial charge in [-0.2, -0.15) is 0 Å². The number of benzene rings is 1. The molecule has 2 aromatic rings. The average molecular weight is 189 g/mol. The standard InChI is InChI=1S/C11H13N.C2H6/c1-9(2)12-8-7-10-5-3-4-6-11(10)12;1-2/h3-9H,1-2H3;1-2H3. The Kier molecular flexibility index (Phi) is 3.75. The van der Waals surface area contributed by atoms with Crippen molar-refractivity contribution in [1.29, 1.82) is 0 Å². The van der Waals surface area contributed by atoms with Gasteiger partial charge in [-0.15, -0.1) is 0 Å². The van der Waals surface area contributed by atoms with Crippen molar-refractivity contribution >= 4 is 10.9 Å². The fourth-order valence-corrected chi connectivity index (χ4v) is 1.55. The largest absolute Gasteiger partial charge is 0.345 e. The van der Waals surface area contributed by atoms with E-state index in [1.807, 2.05) is 13.8 Å². The third-order valence-electron chi connectivity index (χ3n) is 2.19. The molecule has 0 aliphatic rings. The first-order valence-electron chi connectivity index (χ1n) is 5.34. The molecule has 76 valence electrons. The maximum Gasteiger partial charge on any atom is 0.0482 e. The molecule has 0 radical (unpaired) electrons. The van der Waals surface area contributed by atoms with Gasteiger partial charge < -0.3 is 4.57 Å². The minimum Gasteiger partial charge on any atom is -0.345 e. The summed E-state index contributed by atoms with van der Waals surface area (Å²) in [4.78, 5) is 0. The van der Waals surface area contributed by atoms with Gasteiger partial charge in [0, 0.05) is 17.8 Å². The third kappa shape index (κ3) is 1.98. The summed E-state index contributed by atoms with van der Waals surface area (Å²) in [6.45, 7) is 8.40. The number of nitrogens with zero attached hydrogens (tertiary/aromatic N) is 1. The lowest BCUT2D eigenvalue weighted by atomic mass is 10.2. The van der Waals surface area contributed by atoms with Gasteiger partial charge in [-0.25, -0.2) is 0 Å². The zero-order chi connectivity index (χ0) is 10.6. The molecule has 0 unspecified atom stereocenters. The Morgan fingerprint density at radius 2 is 1.64 bits per heavy atom. The Morgan fingerprint density at radius 1 is 1.00 bits per heavy atom. The van der Waals surface area contributed by atoms with Crippen molar-refractivity contribution in [1.82, 2.24) is 4.57 Å². The van der Waals surface area contributed by atoms with Gasteiger partial charge in [0.2, 0.25) is 0 Å². The molecule has 0 fully saturated rings. The highest BCUT2D eigenvalue weighted by Crippen LogP contribution is 2.18. The quantitative estimate of drug-likeness (QED) is 0.632. The van der Waals surface area contributed by atoms with Crippen molar-refractivity contribution < 1.29 is 0 Å². The molecule has 0 saturated carbocycles. The highest BCUT2D eigenvalue weighted by Gasteiger charge is 2.01. The molecule has 1 heteroatoms. The summed E-state index contributed by atoms with van der Waals surface area (Å²) in [5, 5.41) is 1.33. The van der Waals surface area contributed by atoms with Crippen LogP contribution in [0.1, 0.15) is 33.7 Å². The van der Waals surface area contributed by atoms with Gasteiger partial charge >= 0.3 is 0 Å². The number of rotatable bonds is 1. The van der Waals surface area contributed by atoms with E-state index in [1.54, 1.807) is 0 Å². The summed E-state index contributed by atoms with van der Waals surface area (Å²) >= 11 is 0. The predicted molar refractivity (Wildman–Crippen MR) is 63.7 cm³/mol. The molecule has 1 nitrogen and oxygen atoms in total. The fraction of sp³-hybridized carbons (Fsp3) is 0.385. The van der Waals surface area contributed by atoms with Crippen LogP contribution in [-0.2, 0) is 0 Å². The monoisotopic (exact) mass is 189 g/mol. The second kappa shape index (κ2) is 4.85. The fourth-order valence-electron chi connectivity index (χ4n) is 1.55. The molecule has 1 aromatic carbocycles. The second-order valence-electron chi connectivity index (χ2n) is 3.38. The lowest BCUT2D eigenvalue weighted by molar-refractivity contribution is 0.623. The Bertz CT molecular complexity index is 385. The van der Waals surface area contributed by atoms with Gasteiger partial charge in [0.25, 0.3) is 0 Å². The Morgan fingerprint density at radius 3 is 2.29 bits per heavy atom. The van der Waals surface area contributed by atoms with Crippen molar-refractivity contribution in [2.45, 2.75) is 33.7 Å². The van der Waals surface area contributed by atoms with Gasteiger partial charge in [0.05, 0.1) is 0 Å². The van der Waals surface area contributed by atoms with E-state index in [0.29, 0.717) is 6.04 Å². The van der Waals surface area contributed by atoms with Gasteiger partial charge in [-0.05, 0) is 31.4 Å². The number of hydrogen-bond acceptors (Lipinski definition) is 0. The lowest BCUT2D eigenvalue weighted by Crippen LogP contribution is -1.97. The van der Waals surface area contributed by atoms with Crippen molar-refractivity contribution in [3.8, 4) is 0 Å². The van der Waals surface area contributed by atoms with Crippen LogP contribution in [0.5, 0.6) is 0 Å². The minimum atomic E-state index is 0.546. The van der Waals surface area contributed by atoms with E-state index in [1.165, 1.54) is 10.9 Å². The number of fused-ring (bicyclic) bond motifs is 1. The molecule has 14 heavy (non-hydrogen) atoms. The van der Waals surface area contributed by atoms with Gasteiger partial charge in [0.15, 0.2) is 0 Å². The van der Waals surface area contributed by atoms with E-state index in [0.717, 1.165) is 0 Å². The molecule has 0 aliphatic carbocycles. The van der Waals surface area contributed by atoms with E-state index < -0.39 is 0 Å². The van der Waals surface area contributed by atoms with Gasteiger partial charge in [-0.1, -0.05) is 32.0 Å². The van der Waals surface area contributed by atoms with Crippen LogP contribution in [0.25, 0.3) is 10.9 Å². The first-order valence-corrected chi connectivity index (χ1v) is 5.34. The molecule has 0 atom stereocenters. The molecule has 0 saturated heterocycles. The van der Waals surface area contributed by atoms with E-state index in [-0.39, 0.29) is 0 Å². The number of para-hydroxylation sites is 1. The molecule has 0 N–H and O–H groups in total. The van der Waals surface area contributed by atoms with Crippen LogP contribution in [0, 0.1) is 0 Å². The van der Waals surface area contributed by atoms with E-state index >= 15 is 0 Å². The average Bonchev–Trinajstić information content (AvgIpc) is 2.64. The summed E-state index contributed by atoms with van der Waals surface area (Å²) in [6.07, 6.45) is 2.15. The van der Waals surface area contributed by atoms with Crippen LogP contribution in [-0.4, -0.2) is 4.57 Å². The summed E-state index contributed by atoms with van der Waals surface area (Å²) in [5.74, 6) is 0. The maximum absolute atomic E-state index is 2.29.